The van der Waals surface area contributed by atoms with E-state index in [1.807, 2.05) is 11.8 Å². The zero-order valence-corrected chi connectivity index (χ0v) is 14.9. The third-order valence-corrected chi connectivity index (χ3v) is 6.52. The number of aromatic nitrogens is 2. The molecule has 1 atom stereocenters. The molecule has 4 rings (SSSR count). The highest BCUT2D eigenvalue weighted by atomic mass is 32.1. The maximum atomic E-state index is 13.0. The van der Waals surface area contributed by atoms with Crippen molar-refractivity contribution in [2.75, 3.05) is 26.2 Å². The van der Waals surface area contributed by atoms with Gasteiger partial charge in [0.2, 0.25) is 0 Å². The normalized spacial score (nSPS) is 21.9. The van der Waals surface area contributed by atoms with Crippen molar-refractivity contribution in [1.82, 2.24) is 19.4 Å². The number of thiophene rings is 1. The zero-order valence-electron chi connectivity index (χ0n) is 14.1. The highest BCUT2D eigenvalue weighted by Gasteiger charge is 2.32. The Morgan fingerprint density at radius 3 is 2.96 bits per heavy atom. The molecule has 0 saturated carbocycles. The lowest BCUT2D eigenvalue weighted by Gasteiger charge is -2.44. The molecule has 7 heteroatoms. The molecule has 128 valence electrons. The van der Waals surface area contributed by atoms with Crippen molar-refractivity contribution in [3.8, 4) is 0 Å². The number of rotatable bonds is 1. The highest BCUT2D eigenvalue weighted by Crippen LogP contribution is 2.29. The number of hydrogen-bond donors (Lipinski definition) is 0. The fraction of sp³-hybridized carbons (Fsp3) is 0.588. The van der Waals surface area contributed by atoms with Crippen LogP contribution in [0.5, 0.6) is 0 Å². The van der Waals surface area contributed by atoms with Gasteiger partial charge in [0.05, 0.1) is 16.6 Å². The van der Waals surface area contributed by atoms with Crippen LogP contribution in [0.15, 0.2) is 11.1 Å². The van der Waals surface area contributed by atoms with Crippen molar-refractivity contribution in [3.63, 3.8) is 0 Å². The smallest absolute Gasteiger partial charge is 0.264 e. The predicted octanol–water partition coefficient (Wildman–Crippen LogP) is 1.61. The van der Waals surface area contributed by atoms with Gasteiger partial charge in [0.1, 0.15) is 4.83 Å². The molecule has 0 radical (unpaired) electrons. The summed E-state index contributed by atoms with van der Waals surface area (Å²) < 4.78 is 1.47. The van der Waals surface area contributed by atoms with E-state index in [0.29, 0.717) is 21.1 Å². The van der Waals surface area contributed by atoms with E-state index in [2.05, 4.69) is 9.88 Å². The lowest BCUT2D eigenvalue weighted by molar-refractivity contribution is 0.0375. The van der Waals surface area contributed by atoms with E-state index >= 15 is 0 Å². The van der Waals surface area contributed by atoms with Gasteiger partial charge in [-0.25, -0.2) is 4.98 Å². The zero-order chi connectivity index (χ0) is 16.8. The average Bonchev–Trinajstić information content (AvgIpc) is 2.94. The summed E-state index contributed by atoms with van der Waals surface area (Å²) in [6.07, 6.45) is 5.23. The van der Waals surface area contributed by atoms with E-state index in [1.165, 1.54) is 41.5 Å². The number of nitrogens with zero attached hydrogens (tertiary/aromatic N) is 4. The number of piperazine rings is 1. The van der Waals surface area contributed by atoms with E-state index in [-0.39, 0.29) is 11.5 Å². The Kier molecular flexibility index (Phi) is 3.92. The number of aryl methyl sites for hydroxylation is 2. The highest BCUT2D eigenvalue weighted by molar-refractivity contribution is 7.20. The summed E-state index contributed by atoms with van der Waals surface area (Å²) >= 11 is 1.35. The molecular formula is C17H22N4O2S. The molecule has 2 saturated heterocycles. The Balaban J connectivity index is 1.65. The molecule has 0 spiro atoms. The van der Waals surface area contributed by atoms with Crippen LogP contribution in [0, 0.1) is 6.92 Å². The molecule has 24 heavy (non-hydrogen) atoms. The van der Waals surface area contributed by atoms with E-state index in [0.717, 1.165) is 31.7 Å². The largest absolute Gasteiger partial charge is 0.335 e. The number of carbonyl (C=O) groups excluding carboxylic acids is 1. The molecule has 0 aromatic carbocycles. The molecule has 0 aliphatic carbocycles. The standard InChI is InChI=1S/C17H22N4O2S/c1-11-13-15(18-10-19(2)16(13)22)24-14(11)17(23)21-8-7-20-6-4-3-5-12(20)9-21/h10,12H,3-9H2,1-2H3/t12-/m1/s1. The second-order valence-electron chi connectivity index (χ2n) is 6.83. The van der Waals surface area contributed by atoms with Crippen LogP contribution in [-0.2, 0) is 7.05 Å². The lowest BCUT2D eigenvalue weighted by Crippen LogP contribution is -2.56. The number of hydrogen-bond acceptors (Lipinski definition) is 5. The van der Waals surface area contributed by atoms with Crippen molar-refractivity contribution in [2.45, 2.75) is 32.2 Å². The van der Waals surface area contributed by atoms with Crippen LogP contribution in [0.1, 0.15) is 34.5 Å². The minimum atomic E-state index is -0.0788. The minimum absolute atomic E-state index is 0.0581. The van der Waals surface area contributed by atoms with Gasteiger partial charge in [-0.1, -0.05) is 6.42 Å². The molecule has 0 bridgehead atoms. The van der Waals surface area contributed by atoms with Crippen molar-refractivity contribution in [3.05, 3.63) is 27.1 Å². The summed E-state index contributed by atoms with van der Waals surface area (Å²) in [5, 5.41) is 0.588. The van der Waals surface area contributed by atoms with Crippen molar-refractivity contribution >= 4 is 27.5 Å². The second kappa shape index (κ2) is 5.97. The van der Waals surface area contributed by atoms with Gasteiger partial charge in [-0.15, -0.1) is 11.3 Å². The van der Waals surface area contributed by atoms with Gasteiger partial charge in [0.15, 0.2) is 0 Å². The Bertz CT molecular complexity index is 856. The molecule has 1 amide bonds. The summed E-state index contributed by atoms with van der Waals surface area (Å²) in [7, 11) is 1.69. The summed E-state index contributed by atoms with van der Waals surface area (Å²) in [6, 6.07) is 0.497. The Morgan fingerprint density at radius 1 is 1.29 bits per heavy atom. The SMILES string of the molecule is Cc1c(C(=O)N2CCN3CCCC[C@@H]3C2)sc2ncn(C)c(=O)c12. The van der Waals surface area contributed by atoms with Crippen molar-refractivity contribution in [2.24, 2.45) is 7.05 Å². The van der Waals surface area contributed by atoms with E-state index in [4.69, 9.17) is 0 Å². The molecule has 2 aliphatic heterocycles. The molecule has 0 N–H and O–H groups in total. The number of piperidine rings is 1. The van der Waals surface area contributed by atoms with Gasteiger partial charge in [0.25, 0.3) is 11.5 Å². The van der Waals surface area contributed by atoms with Crippen LogP contribution in [0.3, 0.4) is 0 Å². The summed E-state index contributed by atoms with van der Waals surface area (Å²) in [6.45, 7) is 5.56. The number of carbonyl (C=O) groups is 1. The van der Waals surface area contributed by atoms with Gasteiger partial charge in [0, 0.05) is 32.7 Å². The molecule has 2 aliphatic rings. The van der Waals surface area contributed by atoms with Crippen LogP contribution in [0.25, 0.3) is 10.2 Å². The molecular weight excluding hydrogens is 324 g/mol. The molecule has 0 unspecified atom stereocenters. The fourth-order valence-electron chi connectivity index (χ4n) is 3.90. The first-order valence-corrected chi connectivity index (χ1v) is 9.36. The summed E-state index contributed by atoms with van der Waals surface area (Å²) in [5.74, 6) is 0.0581. The Morgan fingerprint density at radius 2 is 2.12 bits per heavy atom. The van der Waals surface area contributed by atoms with Crippen LogP contribution in [0.4, 0.5) is 0 Å². The first-order chi connectivity index (χ1) is 11.6. The van der Waals surface area contributed by atoms with Gasteiger partial charge in [-0.05, 0) is 31.9 Å². The van der Waals surface area contributed by atoms with Gasteiger partial charge in [-0.2, -0.15) is 0 Å². The van der Waals surface area contributed by atoms with Crippen LogP contribution in [0.2, 0.25) is 0 Å². The lowest BCUT2D eigenvalue weighted by atomic mass is 9.99. The minimum Gasteiger partial charge on any atom is -0.335 e. The average molecular weight is 346 g/mol. The second-order valence-corrected chi connectivity index (χ2v) is 7.83. The molecule has 2 fully saturated rings. The maximum absolute atomic E-state index is 13.0. The summed E-state index contributed by atoms with van der Waals surface area (Å²) in [5.41, 5.74) is 0.699. The monoisotopic (exact) mass is 346 g/mol. The number of fused-ring (bicyclic) bond motifs is 2. The third kappa shape index (κ3) is 2.46. The molecule has 2 aromatic rings. The van der Waals surface area contributed by atoms with Gasteiger partial charge in [-0.3, -0.25) is 14.5 Å². The molecule has 4 heterocycles. The Hall–Kier alpha value is -1.73. The maximum Gasteiger partial charge on any atom is 0.264 e. The van der Waals surface area contributed by atoms with E-state index in [1.54, 1.807) is 7.05 Å². The topological polar surface area (TPSA) is 58.4 Å². The van der Waals surface area contributed by atoms with Crippen molar-refractivity contribution in [1.29, 1.82) is 0 Å². The number of amides is 1. The van der Waals surface area contributed by atoms with E-state index < -0.39 is 0 Å². The van der Waals surface area contributed by atoms with Crippen LogP contribution < -0.4 is 5.56 Å². The quantitative estimate of drug-likeness (QED) is 0.787. The molecule has 2 aromatic heterocycles. The molecule has 6 nitrogen and oxygen atoms in total. The van der Waals surface area contributed by atoms with E-state index in [9.17, 15) is 9.59 Å². The first kappa shape index (κ1) is 15.8. The van der Waals surface area contributed by atoms with Crippen LogP contribution in [-0.4, -0.2) is 57.5 Å². The third-order valence-electron chi connectivity index (χ3n) is 5.33. The van der Waals surface area contributed by atoms with Crippen molar-refractivity contribution < 1.29 is 4.79 Å². The van der Waals surface area contributed by atoms with Gasteiger partial charge >= 0.3 is 0 Å². The van der Waals surface area contributed by atoms with Gasteiger partial charge < -0.3 is 9.47 Å². The fourth-order valence-corrected chi connectivity index (χ4v) is 5.00. The Labute approximate surface area is 144 Å². The summed E-state index contributed by atoms with van der Waals surface area (Å²) in [4.78, 5) is 35.5. The predicted molar refractivity (Wildman–Crippen MR) is 94.7 cm³/mol. The first-order valence-electron chi connectivity index (χ1n) is 8.54. The van der Waals surface area contributed by atoms with Crippen LogP contribution >= 0.6 is 11.3 Å².